The van der Waals surface area contributed by atoms with Gasteiger partial charge in [-0.05, 0) is 36.6 Å². The summed E-state index contributed by atoms with van der Waals surface area (Å²) in [6.45, 7) is 1.02. The van der Waals surface area contributed by atoms with Crippen molar-refractivity contribution >= 4 is 28.5 Å². The van der Waals surface area contributed by atoms with E-state index in [2.05, 4.69) is 16.9 Å². The van der Waals surface area contributed by atoms with Gasteiger partial charge in [-0.25, -0.2) is 0 Å². The zero-order valence-corrected chi connectivity index (χ0v) is 16.2. The van der Waals surface area contributed by atoms with Crippen LogP contribution in [0, 0.1) is 0 Å². The summed E-state index contributed by atoms with van der Waals surface area (Å²) in [5, 5.41) is 0.845. The van der Waals surface area contributed by atoms with Gasteiger partial charge in [-0.1, -0.05) is 18.2 Å². The zero-order valence-electron chi connectivity index (χ0n) is 16.2. The summed E-state index contributed by atoms with van der Waals surface area (Å²) in [4.78, 5) is 26.6. The Morgan fingerprint density at radius 3 is 2.83 bits per heavy atom. The number of hydrazine groups is 1. The van der Waals surface area contributed by atoms with E-state index < -0.39 is 0 Å². The lowest BCUT2D eigenvalue weighted by atomic mass is 10.0. The van der Waals surface area contributed by atoms with Crippen molar-refractivity contribution in [3.05, 3.63) is 59.9 Å². The van der Waals surface area contributed by atoms with Gasteiger partial charge in [0.2, 0.25) is 5.91 Å². The summed E-state index contributed by atoms with van der Waals surface area (Å²) in [6, 6.07) is 13.5. The predicted molar refractivity (Wildman–Crippen MR) is 110 cm³/mol. The molecule has 29 heavy (non-hydrogen) atoms. The molecule has 2 aromatic carbocycles. The molecule has 0 spiro atoms. The number of aryl methyl sites for hydroxylation is 1. The number of fused-ring (bicyclic) bond motifs is 2. The second kappa shape index (κ2) is 8.26. The lowest BCUT2D eigenvalue weighted by molar-refractivity contribution is -0.127. The van der Waals surface area contributed by atoms with E-state index in [1.165, 1.54) is 5.56 Å². The van der Waals surface area contributed by atoms with E-state index in [9.17, 15) is 9.59 Å². The number of ether oxygens (including phenoxy) is 1. The molecule has 2 N–H and O–H groups in total. The highest BCUT2D eigenvalue weighted by Crippen LogP contribution is 2.27. The highest BCUT2D eigenvalue weighted by atomic mass is 16.5. The summed E-state index contributed by atoms with van der Waals surface area (Å²) in [5.41, 5.74) is 8.73. The fourth-order valence-corrected chi connectivity index (χ4v) is 3.67. The smallest absolute Gasteiger partial charge is 0.257 e. The second-order valence-electron chi connectivity index (χ2n) is 7.05. The molecule has 2 heterocycles. The van der Waals surface area contributed by atoms with Gasteiger partial charge in [-0.3, -0.25) is 20.4 Å². The summed E-state index contributed by atoms with van der Waals surface area (Å²) < 4.78 is 10.7. The molecule has 2 amide bonds. The largest absolute Gasteiger partial charge is 0.497 e. The van der Waals surface area contributed by atoms with Crippen LogP contribution < -0.4 is 20.5 Å². The van der Waals surface area contributed by atoms with Gasteiger partial charge < -0.3 is 14.1 Å². The van der Waals surface area contributed by atoms with Gasteiger partial charge in [0, 0.05) is 29.2 Å². The molecular weight excluding hydrogens is 370 g/mol. The van der Waals surface area contributed by atoms with Crippen LogP contribution in [0.4, 0.5) is 5.69 Å². The van der Waals surface area contributed by atoms with Crippen LogP contribution in [0.3, 0.4) is 0 Å². The lowest BCUT2D eigenvalue weighted by Gasteiger charge is -2.30. The van der Waals surface area contributed by atoms with Crippen LogP contribution in [-0.4, -0.2) is 32.0 Å². The number of hydrogen-bond donors (Lipinski definition) is 2. The highest BCUT2D eigenvalue weighted by Gasteiger charge is 2.19. The maximum atomic E-state index is 12.3. The Morgan fingerprint density at radius 1 is 1.14 bits per heavy atom. The van der Waals surface area contributed by atoms with Gasteiger partial charge in [0.25, 0.3) is 5.91 Å². The quantitative estimate of drug-likeness (QED) is 0.651. The SMILES string of the molecule is COc1ccc2c(CC(=O)NNC(=O)CN3CCCc4ccccc43)coc2c1. The average molecular weight is 393 g/mol. The first-order chi connectivity index (χ1) is 14.1. The van der Waals surface area contributed by atoms with E-state index in [0.717, 1.165) is 36.0 Å². The third-order valence-electron chi connectivity index (χ3n) is 5.10. The van der Waals surface area contributed by atoms with Crippen LogP contribution in [0.15, 0.2) is 53.1 Å². The maximum Gasteiger partial charge on any atom is 0.257 e. The standard InChI is InChI=1S/C22H23N3O4/c1-28-17-8-9-18-16(14-29-20(18)12-17)11-21(26)23-24-22(27)13-25-10-4-6-15-5-2-3-7-19(15)25/h2-3,5,7-9,12,14H,4,6,10-11,13H2,1H3,(H,23,26)(H,24,27). The Hall–Kier alpha value is -3.48. The Labute approximate surface area is 168 Å². The lowest BCUT2D eigenvalue weighted by Crippen LogP contribution is -2.47. The molecule has 4 rings (SSSR count). The first kappa shape index (κ1) is 18.9. The van der Waals surface area contributed by atoms with Gasteiger partial charge in [-0.2, -0.15) is 0 Å². The van der Waals surface area contributed by atoms with E-state index in [1.807, 2.05) is 35.2 Å². The van der Waals surface area contributed by atoms with Gasteiger partial charge in [0.05, 0.1) is 26.3 Å². The molecule has 0 saturated heterocycles. The number of anilines is 1. The molecular formula is C22H23N3O4. The maximum absolute atomic E-state index is 12.3. The number of rotatable bonds is 5. The van der Waals surface area contributed by atoms with Crippen molar-refractivity contribution in [1.82, 2.24) is 10.9 Å². The van der Waals surface area contributed by atoms with Crippen LogP contribution in [0.1, 0.15) is 17.5 Å². The normalized spacial score (nSPS) is 13.1. The average Bonchev–Trinajstić information content (AvgIpc) is 3.14. The predicted octanol–water partition coefficient (Wildman–Crippen LogP) is 2.58. The van der Waals surface area contributed by atoms with Gasteiger partial charge >= 0.3 is 0 Å². The third-order valence-corrected chi connectivity index (χ3v) is 5.10. The summed E-state index contributed by atoms with van der Waals surface area (Å²) in [6.07, 6.45) is 3.69. The van der Waals surface area contributed by atoms with Crippen molar-refractivity contribution in [1.29, 1.82) is 0 Å². The van der Waals surface area contributed by atoms with Crippen LogP contribution >= 0.6 is 0 Å². The van der Waals surface area contributed by atoms with Crippen molar-refractivity contribution in [3.63, 3.8) is 0 Å². The molecule has 0 unspecified atom stereocenters. The number of amides is 2. The van der Waals surface area contributed by atoms with Crippen molar-refractivity contribution in [3.8, 4) is 5.75 Å². The first-order valence-electron chi connectivity index (χ1n) is 9.58. The topological polar surface area (TPSA) is 83.8 Å². The van der Waals surface area contributed by atoms with Crippen LogP contribution in [-0.2, 0) is 22.4 Å². The van der Waals surface area contributed by atoms with Crippen LogP contribution in [0.25, 0.3) is 11.0 Å². The number of nitrogens with one attached hydrogen (secondary N) is 2. The summed E-state index contributed by atoms with van der Waals surface area (Å²) in [7, 11) is 1.59. The molecule has 0 fully saturated rings. The fourth-order valence-electron chi connectivity index (χ4n) is 3.67. The summed E-state index contributed by atoms with van der Waals surface area (Å²) in [5.74, 6) is 0.127. The van der Waals surface area contributed by atoms with E-state index in [-0.39, 0.29) is 24.8 Å². The van der Waals surface area contributed by atoms with Crippen molar-refractivity contribution in [2.75, 3.05) is 25.1 Å². The number of para-hydroxylation sites is 1. The molecule has 1 aliphatic heterocycles. The van der Waals surface area contributed by atoms with Gasteiger partial charge in [0.15, 0.2) is 0 Å². The van der Waals surface area contributed by atoms with Crippen molar-refractivity contribution in [2.45, 2.75) is 19.3 Å². The molecule has 7 nitrogen and oxygen atoms in total. The van der Waals surface area contributed by atoms with E-state index in [0.29, 0.717) is 11.3 Å². The number of furan rings is 1. The number of benzene rings is 2. The Morgan fingerprint density at radius 2 is 1.97 bits per heavy atom. The van der Waals surface area contributed by atoms with Gasteiger partial charge in [-0.15, -0.1) is 0 Å². The molecule has 3 aromatic rings. The number of nitrogens with zero attached hydrogens (tertiary/aromatic N) is 1. The monoisotopic (exact) mass is 393 g/mol. The molecule has 150 valence electrons. The Balaban J connectivity index is 1.32. The van der Waals surface area contributed by atoms with Gasteiger partial charge in [0.1, 0.15) is 11.3 Å². The summed E-state index contributed by atoms with van der Waals surface area (Å²) >= 11 is 0. The molecule has 0 atom stereocenters. The highest BCUT2D eigenvalue weighted by molar-refractivity contribution is 5.90. The second-order valence-corrected chi connectivity index (χ2v) is 7.05. The molecule has 0 saturated carbocycles. The third kappa shape index (κ3) is 4.18. The number of carbonyl (C=O) groups is 2. The molecule has 0 bridgehead atoms. The van der Waals surface area contributed by atoms with Crippen molar-refractivity contribution < 1.29 is 18.7 Å². The number of methoxy groups -OCH3 is 1. The molecule has 7 heteroatoms. The van der Waals surface area contributed by atoms with E-state index in [4.69, 9.17) is 9.15 Å². The minimum atomic E-state index is -0.309. The molecule has 1 aliphatic rings. The number of hydrogen-bond acceptors (Lipinski definition) is 5. The molecule has 1 aromatic heterocycles. The fraction of sp³-hybridized carbons (Fsp3) is 0.273. The van der Waals surface area contributed by atoms with E-state index in [1.54, 1.807) is 19.4 Å². The Kier molecular flexibility index (Phi) is 5.37. The van der Waals surface area contributed by atoms with Crippen LogP contribution in [0.5, 0.6) is 5.75 Å². The molecule has 0 radical (unpaired) electrons. The minimum Gasteiger partial charge on any atom is -0.497 e. The van der Waals surface area contributed by atoms with Crippen molar-refractivity contribution in [2.24, 2.45) is 0 Å². The van der Waals surface area contributed by atoms with E-state index >= 15 is 0 Å². The minimum absolute atomic E-state index is 0.103. The zero-order chi connectivity index (χ0) is 20.2. The Bertz CT molecular complexity index is 1040. The first-order valence-corrected chi connectivity index (χ1v) is 9.58. The number of carbonyl (C=O) groups excluding carboxylic acids is 2. The van der Waals surface area contributed by atoms with Crippen LogP contribution in [0.2, 0.25) is 0 Å². The molecule has 0 aliphatic carbocycles.